The minimum atomic E-state index is -0.606. The molecule has 0 radical (unpaired) electrons. The Bertz CT molecular complexity index is 746. The Balaban J connectivity index is 1.89. The maximum absolute atomic E-state index is 13.4. The number of ketones is 1. The first kappa shape index (κ1) is 23.0. The second-order valence-corrected chi connectivity index (χ2v) is 10.2. The molecule has 3 fully saturated rings. The van der Waals surface area contributed by atoms with Crippen LogP contribution in [0.5, 0.6) is 0 Å². The van der Waals surface area contributed by atoms with Crippen LogP contribution >= 0.6 is 0 Å². The van der Waals surface area contributed by atoms with Crippen LogP contribution in [0.4, 0.5) is 0 Å². The summed E-state index contributed by atoms with van der Waals surface area (Å²) in [5, 5.41) is 9.08. The quantitative estimate of drug-likeness (QED) is 0.559. The van der Waals surface area contributed by atoms with Crippen LogP contribution in [-0.4, -0.2) is 55.0 Å². The van der Waals surface area contributed by atoms with Gasteiger partial charge in [0.25, 0.3) is 0 Å². The molecule has 30 heavy (non-hydrogen) atoms. The fraction of sp³-hybridized carbons (Fsp3) is 0.792. The molecule has 3 aliphatic rings. The standard InChI is InChI=1S/C24H37NO5/c1-15-16(13-20(28)25(4)11-12-26)7-8-17-21(15)18(27)14-19-23(17,2)9-6-10-24(19,3)22(29)30-5/h13,15,17,19,21,26H,6-12,14H2,1-5H3/b16-13+/t15-,17-,19+,21-,23+,24-/m0/s1. The van der Waals surface area contributed by atoms with Crippen molar-refractivity contribution in [3.8, 4) is 0 Å². The van der Waals surface area contributed by atoms with E-state index in [0.29, 0.717) is 13.0 Å². The van der Waals surface area contributed by atoms with Crippen molar-refractivity contribution in [1.82, 2.24) is 4.90 Å². The number of carbonyl (C=O) groups is 3. The highest BCUT2D eigenvalue weighted by atomic mass is 16.5. The number of hydrogen-bond acceptors (Lipinski definition) is 5. The van der Waals surface area contributed by atoms with E-state index >= 15 is 0 Å². The zero-order chi connectivity index (χ0) is 22.3. The van der Waals surface area contributed by atoms with Gasteiger partial charge in [0.05, 0.1) is 19.1 Å². The third-order valence-corrected chi connectivity index (χ3v) is 8.67. The number of aliphatic hydroxyl groups excluding tert-OH is 1. The molecular formula is C24H37NO5. The Kier molecular flexibility index (Phi) is 6.47. The van der Waals surface area contributed by atoms with E-state index in [1.54, 1.807) is 13.1 Å². The fourth-order valence-electron chi connectivity index (χ4n) is 6.91. The SMILES string of the molecule is COC(=O)[C@@]1(C)CCC[C@@]2(C)[C@H]1CC(=O)[C@H]1[C@@H](C)/C(=C/C(=O)N(C)CCO)CC[C@@H]12. The summed E-state index contributed by atoms with van der Waals surface area (Å²) in [6.07, 6.45) is 6.54. The van der Waals surface area contributed by atoms with Gasteiger partial charge < -0.3 is 14.7 Å². The van der Waals surface area contributed by atoms with Gasteiger partial charge in [-0.3, -0.25) is 14.4 Å². The van der Waals surface area contributed by atoms with Crippen LogP contribution in [-0.2, 0) is 19.1 Å². The molecule has 0 heterocycles. The van der Waals surface area contributed by atoms with Gasteiger partial charge in [0.2, 0.25) is 5.91 Å². The lowest BCUT2D eigenvalue weighted by molar-refractivity contribution is -0.178. The molecule has 1 amide bonds. The Morgan fingerprint density at radius 2 is 2.00 bits per heavy atom. The number of Topliss-reactive ketones (excluding diaryl/α,β-unsaturated/α-hetero) is 1. The number of rotatable bonds is 4. The highest BCUT2D eigenvalue weighted by Gasteiger charge is 2.62. The molecule has 0 aromatic rings. The largest absolute Gasteiger partial charge is 0.469 e. The van der Waals surface area contributed by atoms with Gasteiger partial charge in [0.15, 0.2) is 0 Å². The number of methoxy groups -OCH3 is 1. The van der Waals surface area contributed by atoms with Gasteiger partial charge in [-0.2, -0.15) is 0 Å². The molecule has 0 aromatic carbocycles. The molecule has 0 unspecified atom stereocenters. The number of fused-ring (bicyclic) bond motifs is 3. The maximum atomic E-state index is 13.4. The van der Waals surface area contributed by atoms with Gasteiger partial charge >= 0.3 is 5.97 Å². The van der Waals surface area contributed by atoms with E-state index in [9.17, 15) is 14.4 Å². The monoisotopic (exact) mass is 419 g/mol. The Morgan fingerprint density at radius 1 is 1.30 bits per heavy atom. The molecule has 168 valence electrons. The Hall–Kier alpha value is -1.69. The first-order valence-corrected chi connectivity index (χ1v) is 11.3. The van der Waals surface area contributed by atoms with E-state index < -0.39 is 5.41 Å². The van der Waals surface area contributed by atoms with E-state index in [2.05, 4.69) is 13.8 Å². The summed E-state index contributed by atoms with van der Waals surface area (Å²) < 4.78 is 5.16. The van der Waals surface area contributed by atoms with Gasteiger partial charge in [-0.1, -0.05) is 25.8 Å². The summed E-state index contributed by atoms with van der Waals surface area (Å²) in [6.45, 7) is 6.58. The molecule has 6 atom stereocenters. The second kappa shape index (κ2) is 8.45. The average molecular weight is 420 g/mol. The summed E-state index contributed by atoms with van der Waals surface area (Å²) in [4.78, 5) is 40.1. The van der Waals surface area contributed by atoms with Crippen molar-refractivity contribution < 1.29 is 24.2 Å². The lowest BCUT2D eigenvalue weighted by Crippen LogP contribution is -2.59. The predicted octanol–water partition coefficient (Wildman–Crippen LogP) is 2.98. The van der Waals surface area contributed by atoms with Gasteiger partial charge in [-0.25, -0.2) is 0 Å². The lowest BCUT2D eigenvalue weighted by Gasteiger charge is -2.60. The van der Waals surface area contributed by atoms with E-state index in [1.807, 2.05) is 6.92 Å². The number of likely N-dealkylation sites (N-methyl/N-ethyl adjacent to an activating group) is 1. The first-order valence-electron chi connectivity index (χ1n) is 11.3. The smallest absolute Gasteiger partial charge is 0.311 e. The molecular weight excluding hydrogens is 382 g/mol. The van der Waals surface area contributed by atoms with Crippen LogP contribution < -0.4 is 0 Å². The van der Waals surface area contributed by atoms with Crippen LogP contribution in [0, 0.1) is 34.5 Å². The maximum Gasteiger partial charge on any atom is 0.311 e. The molecule has 1 N–H and O–H groups in total. The Morgan fingerprint density at radius 3 is 2.63 bits per heavy atom. The number of allylic oxidation sites excluding steroid dienone is 1. The van der Waals surface area contributed by atoms with E-state index in [4.69, 9.17) is 9.84 Å². The normalized spacial score (nSPS) is 39.8. The minimum absolute atomic E-state index is 0.00926. The van der Waals surface area contributed by atoms with Gasteiger partial charge in [0, 0.05) is 32.0 Å². The summed E-state index contributed by atoms with van der Waals surface area (Å²) in [5.41, 5.74) is 0.357. The van der Waals surface area contributed by atoms with Crippen molar-refractivity contribution in [2.75, 3.05) is 27.3 Å². The minimum Gasteiger partial charge on any atom is -0.469 e. The van der Waals surface area contributed by atoms with Crippen molar-refractivity contribution in [2.45, 2.75) is 59.3 Å². The second-order valence-electron chi connectivity index (χ2n) is 10.2. The topological polar surface area (TPSA) is 83.9 Å². The van der Waals surface area contributed by atoms with E-state index in [0.717, 1.165) is 37.7 Å². The number of amides is 1. The summed E-state index contributed by atoms with van der Waals surface area (Å²) in [5.74, 6) is 0.0856. The third-order valence-electron chi connectivity index (χ3n) is 8.67. The average Bonchev–Trinajstić information content (AvgIpc) is 2.70. The van der Waals surface area contributed by atoms with Crippen molar-refractivity contribution in [1.29, 1.82) is 0 Å². The number of hydrogen-bond donors (Lipinski definition) is 1. The van der Waals surface area contributed by atoms with Gasteiger partial charge in [-0.05, 0) is 55.8 Å². The lowest BCUT2D eigenvalue weighted by atomic mass is 9.43. The zero-order valence-electron chi connectivity index (χ0n) is 19.1. The van der Waals surface area contributed by atoms with Crippen molar-refractivity contribution in [3.63, 3.8) is 0 Å². The molecule has 3 saturated carbocycles. The fourth-order valence-corrected chi connectivity index (χ4v) is 6.91. The molecule has 0 aliphatic heterocycles. The first-order chi connectivity index (χ1) is 14.1. The molecule has 3 aliphatic carbocycles. The predicted molar refractivity (Wildman–Crippen MR) is 113 cm³/mol. The zero-order valence-corrected chi connectivity index (χ0v) is 19.1. The number of carbonyl (C=O) groups excluding carboxylic acids is 3. The molecule has 0 saturated heterocycles. The number of ether oxygens (including phenoxy) is 1. The van der Waals surface area contributed by atoms with Crippen molar-refractivity contribution in [3.05, 3.63) is 11.6 Å². The number of aliphatic hydroxyl groups is 1. The van der Waals surface area contributed by atoms with E-state index in [-0.39, 0.29) is 53.4 Å². The highest BCUT2D eigenvalue weighted by Crippen LogP contribution is 2.64. The van der Waals surface area contributed by atoms with Gasteiger partial charge in [-0.15, -0.1) is 0 Å². The summed E-state index contributed by atoms with van der Waals surface area (Å²) >= 11 is 0. The molecule has 6 heteroatoms. The summed E-state index contributed by atoms with van der Waals surface area (Å²) in [7, 11) is 3.12. The molecule has 3 rings (SSSR count). The highest BCUT2D eigenvalue weighted by molar-refractivity contribution is 5.89. The van der Waals surface area contributed by atoms with Crippen LogP contribution in [0.2, 0.25) is 0 Å². The molecule has 0 bridgehead atoms. The van der Waals surface area contributed by atoms with Crippen molar-refractivity contribution in [2.24, 2.45) is 34.5 Å². The molecule has 0 spiro atoms. The van der Waals surface area contributed by atoms with E-state index in [1.165, 1.54) is 12.0 Å². The number of esters is 1. The molecule has 0 aromatic heterocycles. The van der Waals surface area contributed by atoms with Crippen molar-refractivity contribution >= 4 is 17.7 Å². The van der Waals surface area contributed by atoms with Crippen LogP contribution in [0.15, 0.2) is 11.6 Å². The van der Waals surface area contributed by atoms with Gasteiger partial charge in [0.1, 0.15) is 5.78 Å². The summed E-state index contributed by atoms with van der Waals surface area (Å²) in [6, 6.07) is 0. The van der Waals surface area contributed by atoms with Crippen LogP contribution in [0.3, 0.4) is 0 Å². The van der Waals surface area contributed by atoms with Crippen LogP contribution in [0.25, 0.3) is 0 Å². The third kappa shape index (κ3) is 3.61. The number of nitrogens with zero attached hydrogens (tertiary/aromatic N) is 1. The Labute approximate surface area is 180 Å². The molecule has 6 nitrogen and oxygen atoms in total. The van der Waals surface area contributed by atoms with Crippen LogP contribution in [0.1, 0.15) is 59.3 Å².